The van der Waals surface area contributed by atoms with E-state index in [1.165, 1.54) is 0 Å². The Kier molecular flexibility index (Phi) is 13.6. The Morgan fingerprint density at radius 1 is 0.600 bits per heavy atom. The summed E-state index contributed by atoms with van der Waals surface area (Å²) in [6.07, 6.45) is 19.6. The SMILES string of the molecule is C1=CC([CH-]C2C=CC=C2)C=C1.[F-].[F-].[F-].[Zr+4]. The first kappa shape index (κ1) is 20.1. The molecule has 0 heterocycles. The zero-order valence-electron chi connectivity index (χ0n) is 7.98. The molecule has 0 radical (unpaired) electrons. The molecule has 0 amide bonds. The van der Waals surface area contributed by atoms with Crippen LogP contribution < -0.4 is 14.1 Å². The molecule has 0 saturated carbocycles. The van der Waals surface area contributed by atoms with E-state index in [2.05, 4.69) is 55.0 Å². The second-order valence-electron chi connectivity index (χ2n) is 2.89. The normalized spacial score (nSPS) is 16.5. The van der Waals surface area contributed by atoms with E-state index in [9.17, 15) is 0 Å². The van der Waals surface area contributed by atoms with E-state index in [4.69, 9.17) is 0 Å². The molecule has 15 heavy (non-hydrogen) atoms. The first-order chi connectivity index (χ1) is 5.45. The summed E-state index contributed by atoms with van der Waals surface area (Å²) >= 11 is 0. The topological polar surface area (TPSA) is 0 Å². The standard InChI is InChI=1S/C11H11.3FH.Zr/c1-2-6-10(5-1)9-11-7-3-4-8-11;;;;/h1-11H;3*1H;/q-1;;;;+4/p-3. The second-order valence-corrected chi connectivity index (χ2v) is 2.89. The monoisotopic (exact) mass is 290 g/mol. The van der Waals surface area contributed by atoms with E-state index in [1.807, 2.05) is 0 Å². The van der Waals surface area contributed by atoms with Gasteiger partial charge in [0.2, 0.25) is 0 Å². The van der Waals surface area contributed by atoms with Gasteiger partial charge in [0.15, 0.2) is 0 Å². The minimum atomic E-state index is 0. The predicted molar refractivity (Wildman–Crippen MR) is 47.8 cm³/mol. The van der Waals surface area contributed by atoms with E-state index in [-0.39, 0.29) is 40.3 Å². The van der Waals surface area contributed by atoms with Crippen LogP contribution in [0.1, 0.15) is 0 Å². The number of allylic oxidation sites excluding steroid dienone is 8. The number of hydrogen-bond acceptors (Lipinski definition) is 0. The molecule has 2 aliphatic carbocycles. The van der Waals surface area contributed by atoms with Gasteiger partial charge in [-0.15, -0.1) is 36.1 Å². The van der Waals surface area contributed by atoms with E-state index in [0.717, 1.165) is 0 Å². The first-order valence-corrected chi connectivity index (χ1v) is 4.00. The molecule has 0 spiro atoms. The molecule has 0 unspecified atom stereocenters. The molecule has 2 rings (SSSR count). The van der Waals surface area contributed by atoms with E-state index in [0.29, 0.717) is 11.8 Å². The van der Waals surface area contributed by atoms with E-state index in [1.54, 1.807) is 0 Å². The Labute approximate surface area is 107 Å². The third kappa shape index (κ3) is 5.93. The Bertz CT molecular complexity index is 207. The van der Waals surface area contributed by atoms with Crippen LogP contribution in [0.15, 0.2) is 48.6 Å². The van der Waals surface area contributed by atoms with Crippen molar-refractivity contribution >= 4 is 0 Å². The van der Waals surface area contributed by atoms with Crippen molar-refractivity contribution < 1.29 is 40.3 Å². The molecule has 4 heteroatoms. The van der Waals surface area contributed by atoms with Crippen LogP contribution in [0.4, 0.5) is 0 Å². The molecule has 2 aliphatic rings. The fourth-order valence-corrected chi connectivity index (χ4v) is 1.41. The predicted octanol–water partition coefficient (Wildman–Crippen LogP) is -6.32. The third-order valence-electron chi connectivity index (χ3n) is 2.00. The van der Waals surface area contributed by atoms with Gasteiger partial charge >= 0.3 is 26.2 Å². The van der Waals surface area contributed by atoms with Gasteiger partial charge in [-0.1, -0.05) is 24.3 Å². The fraction of sp³-hybridized carbons (Fsp3) is 0.182. The molecule has 0 saturated heterocycles. The molecule has 0 bridgehead atoms. The summed E-state index contributed by atoms with van der Waals surface area (Å²) in [6, 6.07) is 0. The first-order valence-electron chi connectivity index (χ1n) is 4.00. The second kappa shape index (κ2) is 10.2. The Balaban J connectivity index is -0.000000360. The quantitative estimate of drug-likeness (QED) is 0.444. The van der Waals surface area contributed by atoms with Crippen LogP contribution in [0, 0.1) is 18.3 Å². The minimum Gasteiger partial charge on any atom is -1.00 e. The molecular formula is C11H11F3Zr. The third-order valence-corrected chi connectivity index (χ3v) is 2.00. The van der Waals surface area contributed by atoms with Crippen molar-refractivity contribution in [1.82, 2.24) is 0 Å². The number of rotatable bonds is 2. The van der Waals surface area contributed by atoms with Gasteiger partial charge in [-0.05, 0) is 0 Å². The summed E-state index contributed by atoms with van der Waals surface area (Å²) in [5.41, 5.74) is 0. The Morgan fingerprint density at radius 3 is 1.13 bits per heavy atom. The summed E-state index contributed by atoms with van der Waals surface area (Å²) in [7, 11) is 0. The molecule has 0 atom stereocenters. The average Bonchev–Trinajstić information content (AvgIpc) is 2.60. The van der Waals surface area contributed by atoms with Gasteiger partial charge in [-0.3, -0.25) is 0 Å². The van der Waals surface area contributed by atoms with Crippen LogP contribution in [-0.4, -0.2) is 0 Å². The summed E-state index contributed by atoms with van der Waals surface area (Å²) in [4.78, 5) is 0. The van der Waals surface area contributed by atoms with Crippen molar-refractivity contribution in [3.63, 3.8) is 0 Å². The summed E-state index contributed by atoms with van der Waals surface area (Å²) in [6.45, 7) is 0. The Morgan fingerprint density at radius 2 is 0.867 bits per heavy atom. The van der Waals surface area contributed by atoms with Crippen LogP contribution in [-0.2, 0) is 26.2 Å². The maximum atomic E-state index is 2.33. The molecule has 0 fully saturated rings. The zero-order valence-corrected chi connectivity index (χ0v) is 10.4. The number of halogens is 3. The van der Waals surface area contributed by atoms with Crippen LogP contribution in [0.5, 0.6) is 0 Å². The van der Waals surface area contributed by atoms with Gasteiger partial charge in [0.05, 0.1) is 0 Å². The Hall–Kier alpha value is -0.367. The van der Waals surface area contributed by atoms with Crippen molar-refractivity contribution in [3.05, 3.63) is 55.0 Å². The van der Waals surface area contributed by atoms with Crippen molar-refractivity contribution in [2.75, 3.05) is 0 Å². The summed E-state index contributed by atoms with van der Waals surface area (Å²) in [5, 5.41) is 0. The van der Waals surface area contributed by atoms with Gasteiger partial charge < -0.3 is 20.5 Å². The van der Waals surface area contributed by atoms with Crippen molar-refractivity contribution in [1.29, 1.82) is 0 Å². The van der Waals surface area contributed by atoms with Crippen LogP contribution in [0.25, 0.3) is 0 Å². The molecular weight excluding hydrogens is 280 g/mol. The fourth-order valence-electron chi connectivity index (χ4n) is 1.41. The van der Waals surface area contributed by atoms with E-state index < -0.39 is 0 Å². The zero-order chi connectivity index (χ0) is 7.52. The number of hydrogen-bond donors (Lipinski definition) is 0. The van der Waals surface area contributed by atoms with Crippen molar-refractivity contribution in [2.24, 2.45) is 11.8 Å². The van der Waals surface area contributed by atoms with E-state index >= 15 is 0 Å². The molecule has 0 aliphatic heterocycles. The molecule has 0 N–H and O–H groups in total. The van der Waals surface area contributed by atoms with Gasteiger partial charge in [0.1, 0.15) is 0 Å². The summed E-state index contributed by atoms with van der Waals surface area (Å²) < 4.78 is 0. The molecule has 0 nitrogen and oxygen atoms in total. The average molecular weight is 291 g/mol. The maximum absolute atomic E-state index is 2.33. The van der Waals surface area contributed by atoms with Gasteiger partial charge in [-0.2, -0.15) is 0 Å². The van der Waals surface area contributed by atoms with Gasteiger partial charge in [0.25, 0.3) is 0 Å². The van der Waals surface area contributed by atoms with Crippen LogP contribution in [0.3, 0.4) is 0 Å². The van der Waals surface area contributed by atoms with Crippen molar-refractivity contribution in [2.45, 2.75) is 0 Å². The molecule has 0 aromatic carbocycles. The molecule has 0 aromatic heterocycles. The van der Waals surface area contributed by atoms with Gasteiger partial charge in [0, 0.05) is 0 Å². The minimum absolute atomic E-state index is 0. The van der Waals surface area contributed by atoms with Crippen LogP contribution >= 0.6 is 0 Å². The smallest absolute Gasteiger partial charge is 1.00 e. The molecule has 0 aromatic rings. The maximum Gasteiger partial charge on any atom is 4.00 e. The molecule has 80 valence electrons. The largest absolute Gasteiger partial charge is 4.00 e. The van der Waals surface area contributed by atoms with Gasteiger partial charge in [-0.25, -0.2) is 0 Å². The summed E-state index contributed by atoms with van der Waals surface area (Å²) in [5.74, 6) is 1.10. The van der Waals surface area contributed by atoms with Crippen LogP contribution in [0.2, 0.25) is 0 Å². The van der Waals surface area contributed by atoms with Crippen molar-refractivity contribution in [3.8, 4) is 0 Å².